The summed E-state index contributed by atoms with van der Waals surface area (Å²) in [7, 11) is 0. The number of nitrogens with zero attached hydrogens (tertiary/aromatic N) is 2. The summed E-state index contributed by atoms with van der Waals surface area (Å²) in [6.07, 6.45) is 0. The third kappa shape index (κ3) is 3.37. The van der Waals surface area contributed by atoms with Gasteiger partial charge in [0.15, 0.2) is 11.7 Å². The highest BCUT2D eigenvalue weighted by atomic mass is 32.1. The first-order chi connectivity index (χ1) is 9.82. The lowest BCUT2D eigenvalue weighted by Crippen LogP contribution is -2.26. The van der Waals surface area contributed by atoms with Crippen molar-refractivity contribution in [1.29, 1.82) is 5.26 Å². The Hall–Kier alpha value is -1.99. The zero-order valence-corrected chi connectivity index (χ0v) is 13.5. The van der Waals surface area contributed by atoms with E-state index in [9.17, 15) is 10.1 Å². The number of rotatable bonds is 3. The van der Waals surface area contributed by atoms with Crippen LogP contribution in [0.25, 0.3) is 11.3 Å². The Labute approximate surface area is 129 Å². The van der Waals surface area contributed by atoms with Crippen LogP contribution in [0.2, 0.25) is 0 Å². The van der Waals surface area contributed by atoms with Gasteiger partial charge in [0.2, 0.25) is 0 Å². The van der Waals surface area contributed by atoms with Crippen LogP contribution in [0.1, 0.15) is 37.3 Å². The maximum atomic E-state index is 12.3. The van der Waals surface area contributed by atoms with Gasteiger partial charge in [-0.25, -0.2) is 4.98 Å². The quantitative estimate of drug-likeness (QED) is 0.847. The second-order valence-electron chi connectivity index (χ2n) is 6.11. The fourth-order valence-corrected chi connectivity index (χ4v) is 2.80. The van der Waals surface area contributed by atoms with E-state index in [0.29, 0.717) is 5.01 Å². The summed E-state index contributed by atoms with van der Waals surface area (Å²) in [4.78, 5) is 16.8. The molecule has 0 aliphatic carbocycles. The van der Waals surface area contributed by atoms with Gasteiger partial charge in [0.1, 0.15) is 5.01 Å². The fraction of sp³-hybridized carbons (Fsp3) is 0.353. The predicted molar refractivity (Wildman–Crippen MR) is 85.1 cm³/mol. The number of hydrogen-bond acceptors (Lipinski definition) is 4. The number of hydrogen-bond donors (Lipinski definition) is 0. The van der Waals surface area contributed by atoms with Gasteiger partial charge in [-0.2, -0.15) is 5.26 Å². The van der Waals surface area contributed by atoms with Gasteiger partial charge in [0.25, 0.3) is 0 Å². The molecular weight excluding hydrogens is 280 g/mol. The summed E-state index contributed by atoms with van der Waals surface area (Å²) in [6, 6.07) is 10.1. The van der Waals surface area contributed by atoms with Crippen LogP contribution in [0.15, 0.2) is 29.6 Å². The molecule has 108 valence electrons. The van der Waals surface area contributed by atoms with E-state index in [-0.39, 0.29) is 5.78 Å². The van der Waals surface area contributed by atoms with E-state index in [4.69, 9.17) is 0 Å². The van der Waals surface area contributed by atoms with Gasteiger partial charge in [0, 0.05) is 16.4 Å². The lowest BCUT2D eigenvalue weighted by atomic mass is 9.84. The molecule has 3 nitrogen and oxygen atoms in total. The van der Waals surface area contributed by atoms with E-state index in [2.05, 4.69) is 11.1 Å². The largest absolute Gasteiger partial charge is 0.297 e. The lowest BCUT2D eigenvalue weighted by Gasteiger charge is -2.18. The molecule has 0 saturated carbocycles. The van der Waals surface area contributed by atoms with Gasteiger partial charge >= 0.3 is 0 Å². The second kappa shape index (κ2) is 5.79. The average Bonchev–Trinajstić information content (AvgIpc) is 2.89. The Kier molecular flexibility index (Phi) is 4.24. The van der Waals surface area contributed by atoms with E-state index in [0.717, 1.165) is 11.3 Å². The average molecular weight is 298 g/mol. The molecule has 1 aromatic heterocycles. The summed E-state index contributed by atoms with van der Waals surface area (Å²) >= 11 is 1.37. The maximum Gasteiger partial charge on any atom is 0.162 e. The monoisotopic (exact) mass is 298 g/mol. The number of thiazole rings is 1. The smallest absolute Gasteiger partial charge is 0.162 e. The Morgan fingerprint density at radius 2 is 1.90 bits per heavy atom. The normalized spacial score (nSPS) is 12.7. The number of aromatic nitrogens is 1. The van der Waals surface area contributed by atoms with E-state index in [1.54, 1.807) is 0 Å². The van der Waals surface area contributed by atoms with Gasteiger partial charge in [-0.15, -0.1) is 11.3 Å². The Bertz CT molecular complexity index is 687. The van der Waals surface area contributed by atoms with Crippen LogP contribution in [0.3, 0.4) is 0 Å². The molecule has 0 saturated heterocycles. The molecule has 1 unspecified atom stereocenters. The first kappa shape index (κ1) is 15.4. The van der Waals surface area contributed by atoms with Crippen LogP contribution in [0, 0.1) is 23.7 Å². The highest BCUT2D eigenvalue weighted by Crippen LogP contribution is 2.31. The minimum Gasteiger partial charge on any atom is -0.297 e. The van der Waals surface area contributed by atoms with Crippen molar-refractivity contribution in [2.45, 2.75) is 33.6 Å². The van der Waals surface area contributed by atoms with E-state index < -0.39 is 11.3 Å². The summed E-state index contributed by atoms with van der Waals surface area (Å²) < 4.78 is 0. The standard InChI is InChI=1S/C17H18N2OS/c1-11-5-7-12(8-6-11)14-10-21-16(19-14)13(9-18)15(20)17(2,3)4/h5-8,10,13H,1-4H3. The van der Waals surface area contributed by atoms with Crippen molar-refractivity contribution < 1.29 is 4.79 Å². The highest BCUT2D eigenvalue weighted by molar-refractivity contribution is 7.10. The zero-order valence-electron chi connectivity index (χ0n) is 12.7. The molecule has 0 radical (unpaired) electrons. The van der Waals surface area contributed by atoms with E-state index in [1.807, 2.05) is 57.3 Å². The third-order valence-electron chi connectivity index (χ3n) is 3.25. The van der Waals surface area contributed by atoms with Crippen LogP contribution >= 0.6 is 11.3 Å². The maximum absolute atomic E-state index is 12.3. The predicted octanol–water partition coefficient (Wildman–Crippen LogP) is 4.34. The molecule has 1 atom stereocenters. The van der Waals surface area contributed by atoms with Gasteiger partial charge in [0.05, 0.1) is 11.8 Å². The molecule has 0 amide bonds. The molecule has 0 spiro atoms. The van der Waals surface area contributed by atoms with Crippen molar-refractivity contribution in [3.8, 4) is 17.3 Å². The molecule has 0 bridgehead atoms. The Morgan fingerprint density at radius 3 is 2.43 bits per heavy atom. The number of Topliss-reactive ketones (excluding diaryl/α,β-unsaturated/α-hetero) is 1. The third-order valence-corrected chi connectivity index (χ3v) is 4.16. The molecule has 1 heterocycles. The zero-order chi connectivity index (χ0) is 15.6. The van der Waals surface area contributed by atoms with E-state index >= 15 is 0 Å². The first-order valence-electron chi connectivity index (χ1n) is 6.79. The van der Waals surface area contributed by atoms with Crippen molar-refractivity contribution in [1.82, 2.24) is 4.98 Å². The van der Waals surface area contributed by atoms with Gasteiger partial charge in [-0.3, -0.25) is 4.79 Å². The SMILES string of the molecule is Cc1ccc(-c2csc(C(C#N)C(=O)C(C)(C)C)n2)cc1. The Morgan fingerprint density at radius 1 is 1.29 bits per heavy atom. The number of carbonyl (C=O) groups excluding carboxylic acids is 1. The molecule has 2 aromatic rings. The number of nitriles is 1. The number of ketones is 1. The summed E-state index contributed by atoms with van der Waals surface area (Å²) in [6.45, 7) is 7.51. The molecule has 1 aromatic carbocycles. The summed E-state index contributed by atoms with van der Waals surface area (Å²) in [5, 5.41) is 11.8. The molecule has 0 aliphatic rings. The molecule has 21 heavy (non-hydrogen) atoms. The van der Waals surface area contributed by atoms with E-state index in [1.165, 1.54) is 16.9 Å². The molecule has 4 heteroatoms. The van der Waals surface area contributed by atoms with Crippen molar-refractivity contribution in [2.24, 2.45) is 5.41 Å². The molecule has 2 rings (SSSR count). The van der Waals surface area contributed by atoms with Crippen LogP contribution < -0.4 is 0 Å². The Balaban J connectivity index is 2.32. The lowest BCUT2D eigenvalue weighted by molar-refractivity contribution is -0.126. The summed E-state index contributed by atoms with van der Waals surface area (Å²) in [5.41, 5.74) is 2.46. The molecule has 0 fully saturated rings. The second-order valence-corrected chi connectivity index (χ2v) is 7.00. The van der Waals surface area contributed by atoms with Crippen molar-refractivity contribution >= 4 is 17.1 Å². The fourth-order valence-electron chi connectivity index (χ4n) is 1.94. The minimum atomic E-state index is -0.783. The highest BCUT2D eigenvalue weighted by Gasteiger charge is 2.32. The van der Waals surface area contributed by atoms with Gasteiger partial charge in [-0.1, -0.05) is 50.6 Å². The topological polar surface area (TPSA) is 53.8 Å². The number of carbonyl (C=O) groups is 1. The number of aryl methyl sites for hydroxylation is 1. The first-order valence-corrected chi connectivity index (χ1v) is 7.67. The van der Waals surface area contributed by atoms with Crippen LogP contribution in [0.5, 0.6) is 0 Å². The molecule has 0 aliphatic heterocycles. The van der Waals surface area contributed by atoms with Crippen molar-refractivity contribution in [2.75, 3.05) is 0 Å². The van der Waals surface area contributed by atoms with Crippen LogP contribution in [-0.4, -0.2) is 10.8 Å². The van der Waals surface area contributed by atoms with Gasteiger partial charge in [-0.05, 0) is 6.92 Å². The molecular formula is C17H18N2OS. The van der Waals surface area contributed by atoms with Crippen molar-refractivity contribution in [3.05, 3.63) is 40.2 Å². The van der Waals surface area contributed by atoms with Crippen molar-refractivity contribution in [3.63, 3.8) is 0 Å². The summed E-state index contributed by atoms with van der Waals surface area (Å²) in [5.74, 6) is -0.871. The minimum absolute atomic E-state index is 0.0881. The molecule has 0 N–H and O–H groups in total. The van der Waals surface area contributed by atoms with Crippen LogP contribution in [0.4, 0.5) is 0 Å². The van der Waals surface area contributed by atoms with Gasteiger partial charge < -0.3 is 0 Å². The van der Waals surface area contributed by atoms with Crippen LogP contribution in [-0.2, 0) is 4.79 Å². The number of benzene rings is 1.